The Kier molecular flexibility index (Phi) is 3.69. The molecule has 0 aromatic heterocycles. The second-order valence-electron chi connectivity index (χ2n) is 4.10. The molecule has 0 radical (unpaired) electrons. The lowest BCUT2D eigenvalue weighted by atomic mass is 9.75. The molecule has 0 aliphatic heterocycles. The van der Waals surface area contributed by atoms with E-state index in [2.05, 4.69) is 6.58 Å². The monoisotopic (exact) mass is 198 g/mol. The minimum absolute atomic E-state index is 0.0739. The average Bonchev–Trinajstić information content (AvgIpc) is 2.18. The Morgan fingerprint density at radius 2 is 2.00 bits per heavy atom. The molecule has 0 saturated heterocycles. The second kappa shape index (κ2) is 4.60. The molecule has 3 heteroatoms. The first-order valence-corrected chi connectivity index (χ1v) is 5.16. The molecule has 0 bridgehead atoms. The summed E-state index contributed by atoms with van der Waals surface area (Å²) in [4.78, 5) is 10.6. The fourth-order valence-corrected chi connectivity index (χ4v) is 2.23. The van der Waals surface area contributed by atoms with Gasteiger partial charge in [-0.2, -0.15) is 0 Å². The van der Waals surface area contributed by atoms with Crippen LogP contribution in [0, 0.1) is 5.92 Å². The summed E-state index contributed by atoms with van der Waals surface area (Å²) < 4.78 is 0. The zero-order chi connectivity index (χ0) is 10.6. The standard InChI is InChI=1S/C11H18O3/c1-2-11(14,8-10(12)13)9-6-4-3-5-7-9/h2,9,14H,1,3-8H2,(H,12,13). The summed E-state index contributed by atoms with van der Waals surface area (Å²) in [6.07, 6.45) is 6.36. The van der Waals surface area contributed by atoms with E-state index in [0.29, 0.717) is 0 Å². The quantitative estimate of drug-likeness (QED) is 0.679. The highest BCUT2D eigenvalue weighted by molar-refractivity contribution is 5.68. The molecule has 3 nitrogen and oxygen atoms in total. The molecular formula is C11H18O3. The van der Waals surface area contributed by atoms with E-state index in [9.17, 15) is 9.90 Å². The van der Waals surface area contributed by atoms with E-state index >= 15 is 0 Å². The van der Waals surface area contributed by atoms with Crippen LogP contribution in [0.1, 0.15) is 38.5 Å². The Morgan fingerprint density at radius 1 is 1.43 bits per heavy atom. The summed E-state index contributed by atoms with van der Waals surface area (Å²) in [5, 5.41) is 18.8. The second-order valence-corrected chi connectivity index (χ2v) is 4.10. The minimum Gasteiger partial charge on any atom is -0.481 e. The first kappa shape index (κ1) is 11.2. The van der Waals surface area contributed by atoms with E-state index in [0.717, 1.165) is 25.7 Å². The van der Waals surface area contributed by atoms with Crippen LogP contribution in [-0.4, -0.2) is 21.8 Å². The molecule has 1 atom stereocenters. The van der Waals surface area contributed by atoms with Crippen LogP contribution in [0.15, 0.2) is 12.7 Å². The summed E-state index contributed by atoms with van der Waals surface area (Å²) in [5.41, 5.74) is -1.20. The Labute approximate surface area is 84.4 Å². The van der Waals surface area contributed by atoms with Crippen molar-refractivity contribution in [1.82, 2.24) is 0 Å². The Balaban J connectivity index is 2.65. The van der Waals surface area contributed by atoms with Gasteiger partial charge < -0.3 is 10.2 Å². The van der Waals surface area contributed by atoms with Crippen molar-refractivity contribution in [2.24, 2.45) is 5.92 Å². The molecule has 1 aliphatic carbocycles. The van der Waals surface area contributed by atoms with Gasteiger partial charge in [0.2, 0.25) is 0 Å². The number of carboxylic acids is 1. The molecule has 0 heterocycles. The largest absolute Gasteiger partial charge is 0.481 e. The van der Waals surface area contributed by atoms with Gasteiger partial charge in [0.05, 0.1) is 12.0 Å². The molecular weight excluding hydrogens is 180 g/mol. The van der Waals surface area contributed by atoms with Gasteiger partial charge in [0.1, 0.15) is 0 Å². The minimum atomic E-state index is -1.20. The van der Waals surface area contributed by atoms with Crippen LogP contribution in [0.2, 0.25) is 0 Å². The van der Waals surface area contributed by atoms with Crippen LogP contribution in [-0.2, 0) is 4.79 Å². The smallest absolute Gasteiger partial charge is 0.306 e. The number of carbonyl (C=O) groups is 1. The van der Waals surface area contributed by atoms with E-state index in [4.69, 9.17) is 5.11 Å². The van der Waals surface area contributed by atoms with Crippen LogP contribution < -0.4 is 0 Å². The van der Waals surface area contributed by atoms with E-state index in [-0.39, 0.29) is 12.3 Å². The van der Waals surface area contributed by atoms with Gasteiger partial charge in [0, 0.05) is 0 Å². The molecule has 0 amide bonds. The summed E-state index contributed by atoms with van der Waals surface area (Å²) >= 11 is 0. The van der Waals surface area contributed by atoms with Crippen molar-refractivity contribution >= 4 is 5.97 Å². The van der Waals surface area contributed by atoms with Gasteiger partial charge >= 0.3 is 5.97 Å². The summed E-state index contributed by atoms with van der Waals surface area (Å²) in [6.45, 7) is 3.55. The maximum absolute atomic E-state index is 10.6. The Hall–Kier alpha value is -0.830. The summed E-state index contributed by atoms with van der Waals surface area (Å²) in [5.74, 6) is -0.886. The zero-order valence-electron chi connectivity index (χ0n) is 8.41. The van der Waals surface area contributed by atoms with Crippen molar-refractivity contribution in [3.8, 4) is 0 Å². The third-order valence-electron chi connectivity index (χ3n) is 3.10. The normalized spacial score (nSPS) is 22.6. The lowest BCUT2D eigenvalue weighted by molar-refractivity contribution is -0.143. The fraction of sp³-hybridized carbons (Fsp3) is 0.727. The van der Waals surface area contributed by atoms with Gasteiger partial charge in [-0.25, -0.2) is 0 Å². The topological polar surface area (TPSA) is 57.5 Å². The van der Waals surface area contributed by atoms with Crippen LogP contribution in [0.5, 0.6) is 0 Å². The van der Waals surface area contributed by atoms with E-state index < -0.39 is 11.6 Å². The van der Waals surface area contributed by atoms with Crippen LogP contribution in [0.4, 0.5) is 0 Å². The predicted molar refractivity (Wildman–Crippen MR) is 54.0 cm³/mol. The first-order chi connectivity index (χ1) is 6.58. The zero-order valence-corrected chi connectivity index (χ0v) is 8.41. The van der Waals surface area contributed by atoms with Gasteiger partial charge in [-0.3, -0.25) is 4.79 Å². The van der Waals surface area contributed by atoms with Crippen LogP contribution >= 0.6 is 0 Å². The van der Waals surface area contributed by atoms with Crippen molar-refractivity contribution in [2.75, 3.05) is 0 Å². The van der Waals surface area contributed by atoms with Crippen molar-refractivity contribution in [3.05, 3.63) is 12.7 Å². The molecule has 1 unspecified atom stereocenters. The molecule has 80 valence electrons. The lowest BCUT2D eigenvalue weighted by Gasteiger charge is -2.35. The summed E-state index contributed by atoms with van der Waals surface area (Å²) in [7, 11) is 0. The molecule has 0 aromatic rings. The molecule has 14 heavy (non-hydrogen) atoms. The first-order valence-electron chi connectivity index (χ1n) is 5.16. The molecule has 2 N–H and O–H groups in total. The molecule has 0 spiro atoms. The van der Waals surface area contributed by atoms with Crippen LogP contribution in [0.25, 0.3) is 0 Å². The van der Waals surface area contributed by atoms with E-state index in [1.54, 1.807) is 0 Å². The molecule has 0 aromatic carbocycles. The number of aliphatic carboxylic acids is 1. The molecule has 1 rings (SSSR count). The Bertz CT molecular complexity index is 219. The SMILES string of the molecule is C=CC(O)(CC(=O)O)C1CCCCC1. The van der Waals surface area contributed by atoms with E-state index in [1.165, 1.54) is 12.5 Å². The third-order valence-corrected chi connectivity index (χ3v) is 3.10. The predicted octanol–water partition coefficient (Wildman–Crippen LogP) is 1.96. The highest BCUT2D eigenvalue weighted by Gasteiger charge is 2.36. The highest BCUT2D eigenvalue weighted by atomic mass is 16.4. The third kappa shape index (κ3) is 2.58. The number of hydrogen-bond donors (Lipinski definition) is 2. The van der Waals surface area contributed by atoms with E-state index in [1.807, 2.05) is 0 Å². The highest BCUT2D eigenvalue weighted by Crippen LogP contribution is 2.35. The van der Waals surface area contributed by atoms with Gasteiger partial charge in [0.15, 0.2) is 0 Å². The fourth-order valence-electron chi connectivity index (χ4n) is 2.23. The van der Waals surface area contributed by atoms with Crippen molar-refractivity contribution in [1.29, 1.82) is 0 Å². The maximum atomic E-state index is 10.6. The van der Waals surface area contributed by atoms with Crippen molar-refractivity contribution < 1.29 is 15.0 Å². The maximum Gasteiger partial charge on any atom is 0.306 e. The van der Waals surface area contributed by atoms with Gasteiger partial charge in [-0.05, 0) is 18.8 Å². The number of carboxylic acid groups (broad SMARTS) is 1. The summed E-state index contributed by atoms with van der Waals surface area (Å²) in [6, 6.07) is 0. The van der Waals surface area contributed by atoms with Crippen molar-refractivity contribution in [2.45, 2.75) is 44.1 Å². The lowest BCUT2D eigenvalue weighted by Crippen LogP contribution is -2.39. The van der Waals surface area contributed by atoms with Gasteiger partial charge in [0.25, 0.3) is 0 Å². The average molecular weight is 198 g/mol. The molecule has 1 fully saturated rings. The number of aliphatic hydroxyl groups is 1. The van der Waals surface area contributed by atoms with Crippen molar-refractivity contribution in [3.63, 3.8) is 0 Å². The Morgan fingerprint density at radius 3 is 2.43 bits per heavy atom. The van der Waals surface area contributed by atoms with Crippen LogP contribution in [0.3, 0.4) is 0 Å². The number of hydrogen-bond acceptors (Lipinski definition) is 2. The molecule has 1 aliphatic rings. The van der Waals surface area contributed by atoms with Gasteiger partial charge in [-0.15, -0.1) is 6.58 Å². The number of rotatable bonds is 4. The molecule has 1 saturated carbocycles. The van der Waals surface area contributed by atoms with Gasteiger partial charge in [-0.1, -0.05) is 25.3 Å².